The number of carbonyl (C=O) groups is 2. The van der Waals surface area contributed by atoms with Crippen molar-refractivity contribution >= 4 is 11.8 Å². The second-order valence-electron chi connectivity index (χ2n) is 8.52. The Hall–Kier alpha value is -3.67. The molecule has 170 valence electrons. The van der Waals surface area contributed by atoms with Gasteiger partial charge in [0.2, 0.25) is 5.88 Å². The molecule has 0 saturated carbocycles. The van der Waals surface area contributed by atoms with Crippen molar-refractivity contribution < 1.29 is 14.3 Å². The van der Waals surface area contributed by atoms with Gasteiger partial charge in [0.05, 0.1) is 0 Å². The van der Waals surface area contributed by atoms with Crippen molar-refractivity contribution in [2.45, 2.75) is 26.4 Å². The highest BCUT2D eigenvalue weighted by Gasteiger charge is 2.26. The zero-order chi connectivity index (χ0) is 23.2. The topological polar surface area (TPSA) is 62.7 Å². The molecule has 0 spiro atoms. The lowest BCUT2D eigenvalue weighted by Crippen LogP contribution is -2.50. The molecule has 0 unspecified atom stereocenters. The molecule has 3 aromatic rings. The van der Waals surface area contributed by atoms with Crippen LogP contribution < -0.4 is 4.74 Å². The summed E-state index contributed by atoms with van der Waals surface area (Å²) < 4.78 is 5.76. The van der Waals surface area contributed by atoms with Crippen LogP contribution in [0.4, 0.5) is 0 Å². The zero-order valence-corrected chi connectivity index (χ0v) is 19.1. The molecular formula is C27H29N3O3. The molecule has 1 saturated heterocycles. The van der Waals surface area contributed by atoms with E-state index >= 15 is 0 Å². The third-order valence-corrected chi connectivity index (χ3v) is 5.89. The van der Waals surface area contributed by atoms with Crippen LogP contribution in [-0.4, -0.2) is 52.8 Å². The molecule has 1 fully saturated rings. The van der Waals surface area contributed by atoms with Gasteiger partial charge in [-0.15, -0.1) is 0 Å². The maximum atomic E-state index is 13.0. The minimum atomic E-state index is -0.0738. The lowest BCUT2D eigenvalue weighted by atomic mass is 10.0. The summed E-state index contributed by atoms with van der Waals surface area (Å²) in [6, 6.07) is 21.0. The van der Waals surface area contributed by atoms with Gasteiger partial charge in [-0.05, 0) is 35.2 Å². The number of amides is 2. The van der Waals surface area contributed by atoms with Crippen molar-refractivity contribution in [2.75, 3.05) is 26.2 Å². The number of rotatable bonds is 6. The van der Waals surface area contributed by atoms with Crippen molar-refractivity contribution in [1.29, 1.82) is 0 Å². The van der Waals surface area contributed by atoms with Crippen molar-refractivity contribution in [3.63, 3.8) is 0 Å². The van der Waals surface area contributed by atoms with E-state index in [1.54, 1.807) is 23.2 Å². The molecule has 0 aliphatic carbocycles. The number of hydrogen-bond donors (Lipinski definition) is 0. The number of aromatic nitrogens is 1. The van der Waals surface area contributed by atoms with E-state index < -0.39 is 0 Å². The molecule has 0 atom stereocenters. The Morgan fingerprint density at radius 3 is 2.06 bits per heavy atom. The fourth-order valence-corrected chi connectivity index (χ4v) is 3.84. The van der Waals surface area contributed by atoms with Gasteiger partial charge in [0.15, 0.2) is 0 Å². The highest BCUT2D eigenvalue weighted by Crippen LogP contribution is 2.18. The number of pyridine rings is 1. The largest absolute Gasteiger partial charge is 0.473 e. The summed E-state index contributed by atoms with van der Waals surface area (Å²) in [6.07, 6.45) is 1.59. The molecule has 2 aromatic carbocycles. The molecular weight excluding hydrogens is 414 g/mol. The first-order valence-corrected chi connectivity index (χ1v) is 11.3. The van der Waals surface area contributed by atoms with E-state index in [4.69, 9.17) is 4.74 Å². The quantitative estimate of drug-likeness (QED) is 0.567. The molecule has 1 aromatic heterocycles. The fraction of sp³-hybridized carbons (Fsp3) is 0.296. The highest BCUT2D eigenvalue weighted by atomic mass is 16.5. The van der Waals surface area contributed by atoms with E-state index in [1.165, 1.54) is 5.56 Å². The number of ether oxygens (including phenoxy) is 1. The fourth-order valence-electron chi connectivity index (χ4n) is 3.84. The van der Waals surface area contributed by atoms with Gasteiger partial charge in [-0.25, -0.2) is 4.98 Å². The van der Waals surface area contributed by atoms with Crippen molar-refractivity contribution in [3.8, 4) is 5.88 Å². The Bertz CT molecular complexity index is 1090. The molecule has 2 amide bonds. The minimum absolute atomic E-state index is 0.0120. The zero-order valence-electron chi connectivity index (χ0n) is 19.1. The first kappa shape index (κ1) is 22.5. The normalized spacial score (nSPS) is 13.8. The molecule has 33 heavy (non-hydrogen) atoms. The van der Waals surface area contributed by atoms with Gasteiger partial charge >= 0.3 is 0 Å². The summed E-state index contributed by atoms with van der Waals surface area (Å²) in [5.41, 5.74) is 3.48. The van der Waals surface area contributed by atoms with E-state index in [1.807, 2.05) is 59.5 Å². The summed E-state index contributed by atoms with van der Waals surface area (Å²) in [7, 11) is 0. The van der Waals surface area contributed by atoms with Crippen LogP contribution in [0.15, 0.2) is 72.9 Å². The maximum Gasteiger partial charge on any atom is 0.254 e. The molecule has 0 N–H and O–H groups in total. The molecule has 0 radical (unpaired) electrons. The van der Waals surface area contributed by atoms with Gasteiger partial charge in [-0.2, -0.15) is 0 Å². The number of carbonyl (C=O) groups excluding carboxylic acids is 2. The van der Waals surface area contributed by atoms with Gasteiger partial charge in [-0.3, -0.25) is 9.59 Å². The average Bonchev–Trinajstić information content (AvgIpc) is 2.87. The first-order valence-electron chi connectivity index (χ1n) is 11.3. The second kappa shape index (κ2) is 10.3. The third kappa shape index (κ3) is 5.58. The van der Waals surface area contributed by atoms with Crippen LogP contribution in [0.25, 0.3) is 0 Å². The number of nitrogens with zero attached hydrogens (tertiary/aromatic N) is 3. The Balaban J connectivity index is 1.33. The molecule has 1 aliphatic heterocycles. The maximum absolute atomic E-state index is 13.0. The number of hydrogen-bond acceptors (Lipinski definition) is 4. The predicted molar refractivity (Wildman–Crippen MR) is 127 cm³/mol. The summed E-state index contributed by atoms with van der Waals surface area (Å²) in [5, 5.41) is 0. The monoisotopic (exact) mass is 443 g/mol. The van der Waals surface area contributed by atoms with Gasteiger partial charge in [-0.1, -0.05) is 56.3 Å². The Kier molecular flexibility index (Phi) is 7.03. The van der Waals surface area contributed by atoms with Crippen LogP contribution in [0, 0.1) is 0 Å². The smallest absolute Gasteiger partial charge is 0.254 e. The van der Waals surface area contributed by atoms with E-state index in [-0.39, 0.29) is 11.8 Å². The Morgan fingerprint density at radius 1 is 0.848 bits per heavy atom. The van der Waals surface area contributed by atoms with Crippen molar-refractivity contribution in [3.05, 3.63) is 95.2 Å². The minimum Gasteiger partial charge on any atom is -0.473 e. The molecule has 2 heterocycles. The molecule has 4 rings (SSSR count). The van der Waals surface area contributed by atoms with E-state index in [2.05, 4.69) is 18.8 Å². The summed E-state index contributed by atoms with van der Waals surface area (Å²) >= 11 is 0. The van der Waals surface area contributed by atoms with Crippen molar-refractivity contribution in [2.24, 2.45) is 0 Å². The molecule has 1 aliphatic rings. The second-order valence-corrected chi connectivity index (χ2v) is 8.52. The highest BCUT2D eigenvalue weighted by molar-refractivity contribution is 5.96. The van der Waals surface area contributed by atoms with Crippen LogP contribution in [0.5, 0.6) is 5.88 Å². The lowest BCUT2D eigenvalue weighted by Gasteiger charge is -2.35. The summed E-state index contributed by atoms with van der Waals surface area (Å²) in [5.74, 6) is 0.790. The van der Waals surface area contributed by atoms with Gasteiger partial charge in [0, 0.05) is 49.6 Å². The summed E-state index contributed by atoms with van der Waals surface area (Å²) in [4.78, 5) is 33.7. The average molecular weight is 444 g/mol. The van der Waals surface area contributed by atoms with Crippen LogP contribution in [0.1, 0.15) is 51.6 Å². The molecule has 6 nitrogen and oxygen atoms in total. The summed E-state index contributed by atoms with van der Waals surface area (Å²) in [6.45, 7) is 6.68. The van der Waals surface area contributed by atoms with Gasteiger partial charge in [0.25, 0.3) is 11.8 Å². The van der Waals surface area contributed by atoms with E-state index in [0.29, 0.717) is 55.7 Å². The van der Waals surface area contributed by atoms with Crippen LogP contribution in [0.2, 0.25) is 0 Å². The lowest BCUT2D eigenvalue weighted by molar-refractivity contribution is 0.0535. The number of benzene rings is 2. The van der Waals surface area contributed by atoms with Crippen LogP contribution >= 0.6 is 0 Å². The first-order chi connectivity index (χ1) is 16.0. The van der Waals surface area contributed by atoms with E-state index in [0.717, 1.165) is 5.56 Å². The van der Waals surface area contributed by atoms with Crippen LogP contribution in [-0.2, 0) is 6.61 Å². The standard InChI is InChI=1S/C27H29N3O3/c1-20(2)22-8-10-23(11-9-22)26(31)29-14-16-30(17-15-29)27(32)24-12-13-28-25(18-24)33-19-21-6-4-3-5-7-21/h3-13,18,20H,14-17,19H2,1-2H3. The Labute approximate surface area is 194 Å². The van der Waals surface area contributed by atoms with Crippen molar-refractivity contribution in [1.82, 2.24) is 14.8 Å². The molecule has 0 bridgehead atoms. The Morgan fingerprint density at radius 2 is 1.45 bits per heavy atom. The third-order valence-electron chi connectivity index (χ3n) is 5.89. The van der Waals surface area contributed by atoms with E-state index in [9.17, 15) is 9.59 Å². The molecule has 6 heteroatoms. The predicted octanol–water partition coefficient (Wildman–Crippen LogP) is 4.38. The van der Waals surface area contributed by atoms with Crippen LogP contribution in [0.3, 0.4) is 0 Å². The number of piperazine rings is 1. The van der Waals surface area contributed by atoms with Gasteiger partial charge in [0.1, 0.15) is 6.61 Å². The van der Waals surface area contributed by atoms with Gasteiger partial charge < -0.3 is 14.5 Å². The SMILES string of the molecule is CC(C)c1ccc(C(=O)N2CCN(C(=O)c3ccnc(OCc4ccccc4)c3)CC2)cc1.